The second-order valence-electron chi connectivity index (χ2n) is 10.2. The first kappa shape index (κ1) is 22.8. The number of fused-ring (bicyclic) bond motifs is 6. The van der Waals surface area contributed by atoms with E-state index in [0.717, 1.165) is 61.8 Å². The molecule has 8 nitrogen and oxygen atoms in total. The largest absolute Gasteiger partial charge is 0.453 e. The van der Waals surface area contributed by atoms with E-state index in [1.54, 1.807) is 4.52 Å². The van der Waals surface area contributed by atoms with E-state index >= 15 is 0 Å². The SMILES string of the molecule is c1ccc2c(c1)Oc1ccccc1N2c1ccc(-c2cn3nc(-c4nc5ccccn5n4)nc3c3ccccc23)cc1. The predicted octanol–water partition coefficient (Wildman–Crippen LogP) is 7.83. The van der Waals surface area contributed by atoms with Gasteiger partial charge in [-0.15, -0.1) is 10.2 Å². The molecule has 0 aliphatic carbocycles. The van der Waals surface area contributed by atoms with E-state index < -0.39 is 0 Å². The molecule has 0 spiro atoms. The molecule has 8 heteroatoms. The van der Waals surface area contributed by atoms with Gasteiger partial charge in [0.1, 0.15) is 0 Å². The van der Waals surface area contributed by atoms with E-state index in [1.807, 2.05) is 77.6 Å². The molecule has 0 unspecified atom stereocenters. The van der Waals surface area contributed by atoms with Gasteiger partial charge in [-0.25, -0.2) is 19.0 Å². The van der Waals surface area contributed by atoms with Crippen LogP contribution >= 0.6 is 0 Å². The average molecular weight is 544 g/mol. The summed E-state index contributed by atoms with van der Waals surface area (Å²) in [5.41, 5.74) is 6.72. The zero-order valence-electron chi connectivity index (χ0n) is 22.2. The Bertz CT molecular complexity index is 2220. The fourth-order valence-electron chi connectivity index (χ4n) is 5.73. The lowest BCUT2D eigenvalue weighted by molar-refractivity contribution is 0.477. The fourth-order valence-corrected chi connectivity index (χ4v) is 5.73. The van der Waals surface area contributed by atoms with Crippen LogP contribution < -0.4 is 9.64 Å². The van der Waals surface area contributed by atoms with Crippen molar-refractivity contribution in [2.45, 2.75) is 0 Å². The fraction of sp³-hybridized carbons (Fsp3) is 0. The normalized spacial score (nSPS) is 12.4. The van der Waals surface area contributed by atoms with Gasteiger partial charge in [-0.2, -0.15) is 0 Å². The minimum absolute atomic E-state index is 0.487. The van der Waals surface area contributed by atoms with Gasteiger partial charge in [0.2, 0.25) is 11.6 Å². The highest BCUT2D eigenvalue weighted by molar-refractivity contribution is 6.03. The minimum atomic E-state index is 0.487. The van der Waals surface area contributed by atoms with Gasteiger partial charge in [0, 0.05) is 29.0 Å². The smallest absolute Gasteiger partial charge is 0.221 e. The molecule has 0 fully saturated rings. The van der Waals surface area contributed by atoms with Crippen LogP contribution in [0.25, 0.3) is 44.8 Å². The number of pyridine rings is 2. The summed E-state index contributed by atoms with van der Waals surface area (Å²) < 4.78 is 9.76. The van der Waals surface area contributed by atoms with Gasteiger partial charge in [0.05, 0.1) is 11.4 Å². The van der Waals surface area contributed by atoms with Gasteiger partial charge in [0.25, 0.3) is 0 Å². The van der Waals surface area contributed by atoms with E-state index in [1.165, 1.54) is 0 Å². The van der Waals surface area contributed by atoms with Crippen molar-refractivity contribution in [3.8, 4) is 34.3 Å². The molecule has 0 atom stereocenters. The molecule has 42 heavy (non-hydrogen) atoms. The maximum atomic E-state index is 6.19. The summed E-state index contributed by atoms with van der Waals surface area (Å²) in [6, 6.07) is 38.9. The Balaban J connectivity index is 1.17. The standard InChI is InChI=1S/C34H21N7O/c1-2-10-25-24(9-1)26(21-40-34(25)36-33(38-40)32-35-31-15-7-8-20-39(31)37-32)22-16-18-23(19-17-22)41-27-11-3-5-13-29(27)42-30-14-6-4-12-28(30)41/h1-21H. The third-order valence-electron chi connectivity index (χ3n) is 7.65. The van der Waals surface area contributed by atoms with Gasteiger partial charge in [-0.3, -0.25) is 0 Å². The number of para-hydroxylation sites is 4. The first-order chi connectivity index (χ1) is 20.8. The number of rotatable bonds is 3. The van der Waals surface area contributed by atoms with Gasteiger partial charge < -0.3 is 9.64 Å². The van der Waals surface area contributed by atoms with E-state index in [4.69, 9.17) is 14.8 Å². The minimum Gasteiger partial charge on any atom is -0.453 e. The lowest BCUT2D eigenvalue weighted by atomic mass is 10.00. The molecule has 0 N–H and O–H groups in total. The summed E-state index contributed by atoms with van der Waals surface area (Å²) in [7, 11) is 0. The number of hydrogen-bond acceptors (Lipinski definition) is 6. The Morgan fingerprint density at radius 2 is 1.19 bits per heavy atom. The molecular formula is C34H21N7O. The summed E-state index contributed by atoms with van der Waals surface area (Å²) >= 11 is 0. The predicted molar refractivity (Wildman–Crippen MR) is 163 cm³/mol. The number of aromatic nitrogens is 6. The first-order valence-corrected chi connectivity index (χ1v) is 13.7. The Hall–Kier alpha value is -6.02. The third kappa shape index (κ3) is 3.42. The van der Waals surface area contributed by atoms with Crippen LogP contribution in [0.5, 0.6) is 11.5 Å². The number of ether oxygens (including phenoxy) is 1. The molecule has 4 aromatic carbocycles. The Labute approximate surface area is 239 Å². The zero-order valence-corrected chi connectivity index (χ0v) is 22.2. The zero-order chi connectivity index (χ0) is 27.6. The van der Waals surface area contributed by atoms with Crippen molar-refractivity contribution in [2.75, 3.05) is 4.90 Å². The highest BCUT2D eigenvalue weighted by Gasteiger charge is 2.25. The Morgan fingerprint density at radius 1 is 0.548 bits per heavy atom. The highest BCUT2D eigenvalue weighted by Crippen LogP contribution is 2.50. The second-order valence-corrected chi connectivity index (χ2v) is 10.2. The van der Waals surface area contributed by atoms with Gasteiger partial charge in [-0.1, -0.05) is 66.7 Å². The van der Waals surface area contributed by atoms with Crippen molar-refractivity contribution < 1.29 is 4.74 Å². The third-order valence-corrected chi connectivity index (χ3v) is 7.65. The summed E-state index contributed by atoms with van der Waals surface area (Å²) in [6.45, 7) is 0. The first-order valence-electron chi connectivity index (χ1n) is 13.7. The van der Waals surface area contributed by atoms with Gasteiger partial charge in [0.15, 0.2) is 22.8 Å². The van der Waals surface area contributed by atoms with Gasteiger partial charge >= 0.3 is 0 Å². The summed E-state index contributed by atoms with van der Waals surface area (Å²) in [6.07, 6.45) is 3.91. The summed E-state index contributed by atoms with van der Waals surface area (Å²) in [5, 5.41) is 11.5. The monoisotopic (exact) mass is 543 g/mol. The van der Waals surface area contributed by atoms with E-state index in [2.05, 4.69) is 69.6 Å². The number of benzene rings is 4. The second kappa shape index (κ2) is 8.74. The Kier molecular flexibility index (Phi) is 4.74. The molecule has 198 valence electrons. The molecule has 5 heterocycles. The quantitative estimate of drug-likeness (QED) is 0.226. The van der Waals surface area contributed by atoms with Gasteiger partial charge in [-0.05, 0) is 59.5 Å². The number of anilines is 3. The molecule has 0 amide bonds. The van der Waals surface area contributed by atoms with E-state index in [-0.39, 0.29) is 0 Å². The molecule has 0 saturated heterocycles. The van der Waals surface area contributed by atoms with Crippen LogP contribution in [0.1, 0.15) is 0 Å². The van der Waals surface area contributed by atoms with Crippen LogP contribution in [0, 0.1) is 0 Å². The van der Waals surface area contributed by atoms with Crippen molar-refractivity contribution in [1.29, 1.82) is 0 Å². The van der Waals surface area contributed by atoms with Crippen LogP contribution in [0.15, 0.2) is 128 Å². The maximum absolute atomic E-state index is 6.19. The van der Waals surface area contributed by atoms with Crippen molar-refractivity contribution in [1.82, 2.24) is 29.2 Å². The molecule has 0 bridgehead atoms. The van der Waals surface area contributed by atoms with E-state index in [0.29, 0.717) is 11.6 Å². The number of hydrogen-bond donors (Lipinski definition) is 0. The van der Waals surface area contributed by atoms with Crippen LogP contribution in [-0.2, 0) is 0 Å². The highest BCUT2D eigenvalue weighted by atomic mass is 16.5. The van der Waals surface area contributed by atoms with Crippen LogP contribution in [0.3, 0.4) is 0 Å². The molecule has 4 aromatic heterocycles. The average Bonchev–Trinajstić information content (AvgIpc) is 3.68. The van der Waals surface area contributed by atoms with Crippen LogP contribution in [0.2, 0.25) is 0 Å². The van der Waals surface area contributed by atoms with Crippen molar-refractivity contribution in [3.05, 3.63) is 128 Å². The molecule has 0 radical (unpaired) electrons. The van der Waals surface area contributed by atoms with Crippen molar-refractivity contribution in [3.63, 3.8) is 0 Å². The molecule has 1 aliphatic rings. The lowest BCUT2D eigenvalue weighted by Crippen LogP contribution is -2.15. The molecule has 8 aromatic rings. The topological polar surface area (TPSA) is 72.9 Å². The molecular weight excluding hydrogens is 522 g/mol. The molecule has 9 rings (SSSR count). The molecule has 0 saturated carbocycles. The Morgan fingerprint density at radius 3 is 1.95 bits per heavy atom. The van der Waals surface area contributed by atoms with E-state index in [9.17, 15) is 0 Å². The van der Waals surface area contributed by atoms with Crippen molar-refractivity contribution in [2.24, 2.45) is 0 Å². The summed E-state index contributed by atoms with van der Waals surface area (Å²) in [4.78, 5) is 11.7. The maximum Gasteiger partial charge on any atom is 0.221 e. The summed E-state index contributed by atoms with van der Waals surface area (Å²) in [5.74, 6) is 2.64. The molecule has 1 aliphatic heterocycles. The van der Waals surface area contributed by atoms with Crippen LogP contribution in [0.4, 0.5) is 17.1 Å². The van der Waals surface area contributed by atoms with Crippen molar-refractivity contribution >= 4 is 39.1 Å². The number of nitrogens with zero attached hydrogens (tertiary/aromatic N) is 7. The van der Waals surface area contributed by atoms with Crippen LogP contribution in [-0.4, -0.2) is 29.2 Å². The lowest BCUT2D eigenvalue weighted by Gasteiger charge is -2.32.